The van der Waals surface area contributed by atoms with Crippen LogP contribution in [-0.4, -0.2) is 34.2 Å². The molecule has 4 heteroatoms. The summed E-state index contributed by atoms with van der Waals surface area (Å²) in [6, 6.07) is 3.75. The predicted octanol–water partition coefficient (Wildman–Crippen LogP) is 2.72. The molecule has 0 saturated carbocycles. The average molecular weight is 257 g/mol. The van der Waals surface area contributed by atoms with Crippen molar-refractivity contribution in [3.63, 3.8) is 0 Å². The van der Waals surface area contributed by atoms with Crippen LogP contribution in [-0.2, 0) is 6.54 Å². The fourth-order valence-corrected chi connectivity index (χ4v) is 1.96. The van der Waals surface area contributed by atoms with E-state index in [1.165, 1.54) is 0 Å². The number of nitrogens with zero attached hydrogens (tertiary/aromatic N) is 2. The largest absolute Gasteiger partial charge is 0.389 e. The Kier molecular flexibility index (Phi) is 5.37. The van der Waals surface area contributed by atoms with Gasteiger partial charge in [-0.2, -0.15) is 0 Å². The van der Waals surface area contributed by atoms with Crippen LogP contribution in [0.1, 0.15) is 32.3 Å². The lowest BCUT2D eigenvalue weighted by Gasteiger charge is -2.30. The third kappa shape index (κ3) is 4.62. The summed E-state index contributed by atoms with van der Waals surface area (Å²) in [5, 5.41) is 10.8. The molecule has 0 radical (unpaired) electrons. The third-order valence-electron chi connectivity index (χ3n) is 3.12. The molecule has 96 valence electrons. The number of pyridine rings is 1. The van der Waals surface area contributed by atoms with Crippen molar-refractivity contribution in [1.82, 2.24) is 9.88 Å². The normalized spacial score (nSPS) is 12.1. The van der Waals surface area contributed by atoms with Gasteiger partial charge in [-0.05, 0) is 31.5 Å². The average Bonchev–Trinajstić information content (AvgIpc) is 2.32. The van der Waals surface area contributed by atoms with E-state index in [0.717, 1.165) is 24.9 Å². The van der Waals surface area contributed by atoms with Gasteiger partial charge in [0.25, 0.3) is 0 Å². The number of hydrogen-bond donors (Lipinski definition) is 1. The van der Waals surface area contributed by atoms with E-state index in [-0.39, 0.29) is 0 Å². The highest BCUT2D eigenvalue weighted by Crippen LogP contribution is 2.17. The first kappa shape index (κ1) is 14.4. The van der Waals surface area contributed by atoms with E-state index >= 15 is 0 Å². The smallest absolute Gasteiger partial charge is 0.129 e. The van der Waals surface area contributed by atoms with Crippen molar-refractivity contribution in [2.75, 3.05) is 13.6 Å². The van der Waals surface area contributed by atoms with E-state index in [0.29, 0.717) is 11.7 Å². The Balaban J connectivity index is 2.54. The van der Waals surface area contributed by atoms with Crippen molar-refractivity contribution in [2.45, 2.75) is 38.8 Å². The minimum absolute atomic E-state index is 0.509. The van der Waals surface area contributed by atoms with Crippen LogP contribution in [0.2, 0.25) is 5.15 Å². The molecule has 0 aromatic carbocycles. The van der Waals surface area contributed by atoms with Gasteiger partial charge in [0.05, 0.1) is 5.60 Å². The van der Waals surface area contributed by atoms with E-state index in [1.807, 2.05) is 27.0 Å². The van der Waals surface area contributed by atoms with Crippen LogP contribution in [0.4, 0.5) is 0 Å². The molecule has 0 aliphatic heterocycles. The van der Waals surface area contributed by atoms with E-state index < -0.39 is 5.60 Å². The zero-order chi connectivity index (χ0) is 12.9. The lowest BCUT2D eigenvalue weighted by molar-refractivity contribution is 0.00129. The van der Waals surface area contributed by atoms with Crippen molar-refractivity contribution in [3.8, 4) is 0 Å². The van der Waals surface area contributed by atoms with Gasteiger partial charge in [0.2, 0.25) is 0 Å². The summed E-state index contributed by atoms with van der Waals surface area (Å²) in [6.07, 6.45) is 3.31. The summed E-state index contributed by atoms with van der Waals surface area (Å²) in [6.45, 7) is 5.47. The standard InChI is InChI=1S/C13H21ClN2O/c1-4-13(17,5-2)10-16(3)9-11-6-7-12(14)15-8-11/h6-8,17H,4-5,9-10H2,1-3H3. The van der Waals surface area contributed by atoms with Crippen molar-refractivity contribution in [1.29, 1.82) is 0 Å². The lowest BCUT2D eigenvalue weighted by Crippen LogP contribution is -2.40. The summed E-state index contributed by atoms with van der Waals surface area (Å²) in [5.41, 5.74) is 0.515. The topological polar surface area (TPSA) is 36.4 Å². The van der Waals surface area contributed by atoms with Crippen molar-refractivity contribution >= 4 is 11.6 Å². The van der Waals surface area contributed by atoms with Crippen molar-refractivity contribution in [2.24, 2.45) is 0 Å². The first-order valence-electron chi connectivity index (χ1n) is 6.00. The van der Waals surface area contributed by atoms with Gasteiger partial charge in [0.15, 0.2) is 0 Å². The minimum Gasteiger partial charge on any atom is -0.389 e. The van der Waals surface area contributed by atoms with Gasteiger partial charge in [0.1, 0.15) is 5.15 Å². The zero-order valence-corrected chi connectivity index (χ0v) is 11.5. The maximum Gasteiger partial charge on any atom is 0.129 e. The van der Waals surface area contributed by atoms with Gasteiger partial charge >= 0.3 is 0 Å². The molecule has 17 heavy (non-hydrogen) atoms. The number of halogens is 1. The van der Waals surface area contributed by atoms with Gasteiger partial charge in [0, 0.05) is 19.3 Å². The van der Waals surface area contributed by atoms with Gasteiger partial charge in [-0.25, -0.2) is 4.98 Å². The second-order valence-electron chi connectivity index (χ2n) is 4.59. The van der Waals surface area contributed by atoms with Crippen molar-refractivity contribution in [3.05, 3.63) is 29.0 Å². The molecular formula is C13H21ClN2O. The molecule has 3 nitrogen and oxygen atoms in total. The summed E-state index contributed by atoms with van der Waals surface area (Å²) in [5.74, 6) is 0. The van der Waals surface area contributed by atoms with Crippen LogP contribution in [0.5, 0.6) is 0 Å². The monoisotopic (exact) mass is 256 g/mol. The van der Waals surface area contributed by atoms with Crippen LogP contribution >= 0.6 is 11.6 Å². The summed E-state index contributed by atoms with van der Waals surface area (Å²) >= 11 is 5.73. The van der Waals surface area contributed by atoms with Gasteiger partial charge < -0.3 is 5.11 Å². The van der Waals surface area contributed by atoms with Gasteiger partial charge in [-0.3, -0.25) is 4.90 Å². The first-order chi connectivity index (χ1) is 7.99. The van der Waals surface area contributed by atoms with E-state index in [4.69, 9.17) is 11.6 Å². The molecule has 0 atom stereocenters. The van der Waals surface area contributed by atoms with Crippen LogP contribution in [0, 0.1) is 0 Å². The van der Waals surface area contributed by atoms with E-state index in [9.17, 15) is 5.11 Å². The minimum atomic E-state index is -0.589. The second-order valence-corrected chi connectivity index (χ2v) is 4.98. The summed E-state index contributed by atoms with van der Waals surface area (Å²) in [7, 11) is 2.00. The van der Waals surface area contributed by atoms with Crippen LogP contribution in [0.25, 0.3) is 0 Å². The summed E-state index contributed by atoms with van der Waals surface area (Å²) < 4.78 is 0. The molecule has 1 N–H and O–H groups in total. The number of likely N-dealkylation sites (N-methyl/N-ethyl adjacent to an activating group) is 1. The van der Waals surface area contributed by atoms with Gasteiger partial charge in [-0.15, -0.1) is 0 Å². The van der Waals surface area contributed by atoms with Crippen LogP contribution < -0.4 is 0 Å². The maximum atomic E-state index is 10.2. The molecule has 1 aromatic rings. The molecular weight excluding hydrogens is 236 g/mol. The quantitative estimate of drug-likeness (QED) is 0.795. The van der Waals surface area contributed by atoms with E-state index in [2.05, 4.69) is 9.88 Å². The Labute approximate surface area is 108 Å². The highest BCUT2D eigenvalue weighted by atomic mass is 35.5. The number of hydrogen-bond acceptors (Lipinski definition) is 3. The molecule has 1 aromatic heterocycles. The number of aromatic nitrogens is 1. The Morgan fingerprint density at radius 2 is 2.00 bits per heavy atom. The van der Waals surface area contributed by atoms with Crippen molar-refractivity contribution < 1.29 is 5.11 Å². The first-order valence-corrected chi connectivity index (χ1v) is 6.38. The second kappa shape index (κ2) is 6.34. The fourth-order valence-electron chi connectivity index (χ4n) is 1.84. The molecule has 0 spiro atoms. The highest BCUT2D eigenvalue weighted by molar-refractivity contribution is 6.29. The fraction of sp³-hybridized carbons (Fsp3) is 0.615. The molecule has 0 fully saturated rings. The molecule has 0 saturated heterocycles. The SMILES string of the molecule is CCC(O)(CC)CN(C)Cc1ccc(Cl)nc1. The van der Waals surface area contributed by atoms with Gasteiger partial charge in [-0.1, -0.05) is 31.5 Å². The molecule has 0 aliphatic carbocycles. The molecule has 0 unspecified atom stereocenters. The van der Waals surface area contributed by atoms with E-state index in [1.54, 1.807) is 12.3 Å². The Morgan fingerprint density at radius 1 is 1.35 bits per heavy atom. The Hall–Kier alpha value is -0.640. The molecule has 1 heterocycles. The van der Waals surface area contributed by atoms with Crippen LogP contribution in [0.3, 0.4) is 0 Å². The number of rotatable bonds is 6. The molecule has 0 bridgehead atoms. The lowest BCUT2D eigenvalue weighted by atomic mass is 9.97. The van der Waals surface area contributed by atoms with Crippen LogP contribution in [0.15, 0.2) is 18.3 Å². The Morgan fingerprint density at radius 3 is 2.47 bits per heavy atom. The molecule has 0 amide bonds. The third-order valence-corrected chi connectivity index (χ3v) is 3.35. The summed E-state index contributed by atoms with van der Waals surface area (Å²) in [4.78, 5) is 6.15. The number of aliphatic hydroxyl groups is 1. The highest BCUT2D eigenvalue weighted by Gasteiger charge is 2.23. The molecule has 1 rings (SSSR count). The Bertz CT molecular complexity index is 336. The maximum absolute atomic E-state index is 10.2. The molecule has 0 aliphatic rings. The predicted molar refractivity (Wildman–Crippen MR) is 71.1 cm³/mol. The zero-order valence-electron chi connectivity index (χ0n) is 10.8.